The highest BCUT2D eigenvalue weighted by molar-refractivity contribution is 5.51. The van der Waals surface area contributed by atoms with Crippen LogP contribution in [0.1, 0.15) is 12.5 Å². The average molecular weight is 307 g/mol. The average Bonchev–Trinajstić information content (AvgIpc) is 2.38. The van der Waals surface area contributed by atoms with Gasteiger partial charge in [0, 0.05) is 27.2 Å². The van der Waals surface area contributed by atoms with E-state index < -0.39 is 17.8 Å². The minimum Gasteiger partial charge on any atom is -0.389 e. The normalized spacial score (nSPS) is 13.1. The number of pyridine rings is 1. The molecule has 0 amide bonds. The van der Waals surface area contributed by atoms with Crippen LogP contribution in [0.25, 0.3) is 0 Å². The first-order chi connectivity index (χ1) is 9.77. The quantitative estimate of drug-likeness (QED) is 0.806. The number of alkyl halides is 3. The van der Waals surface area contributed by atoms with Gasteiger partial charge in [-0.3, -0.25) is 0 Å². The molecule has 0 saturated carbocycles. The van der Waals surface area contributed by atoms with Crippen molar-refractivity contribution in [2.24, 2.45) is 0 Å². The van der Waals surface area contributed by atoms with Gasteiger partial charge in [-0.15, -0.1) is 0 Å². The van der Waals surface area contributed by atoms with Gasteiger partial charge in [0.2, 0.25) is 0 Å². The molecule has 21 heavy (non-hydrogen) atoms. The molecule has 1 unspecified atom stereocenters. The number of anilines is 2. The Morgan fingerprint density at radius 1 is 1.43 bits per heavy atom. The second-order valence-corrected chi connectivity index (χ2v) is 4.62. The van der Waals surface area contributed by atoms with Crippen LogP contribution < -0.4 is 10.2 Å². The number of methoxy groups -OCH3 is 1. The van der Waals surface area contributed by atoms with Gasteiger partial charge in [-0.1, -0.05) is 0 Å². The molecule has 0 aromatic carbocycles. The number of aromatic nitrogens is 1. The van der Waals surface area contributed by atoms with E-state index in [4.69, 9.17) is 4.74 Å². The maximum absolute atomic E-state index is 12.9. The zero-order valence-electron chi connectivity index (χ0n) is 12.2. The summed E-state index contributed by atoms with van der Waals surface area (Å²) in [6, 6.07) is 1.92. The molecule has 0 aliphatic carbocycles. The third kappa shape index (κ3) is 5.39. The van der Waals surface area contributed by atoms with Gasteiger partial charge in [0.25, 0.3) is 0 Å². The zero-order chi connectivity index (χ0) is 16.0. The largest absolute Gasteiger partial charge is 0.416 e. The summed E-state index contributed by atoms with van der Waals surface area (Å²) in [5.41, 5.74) is -0.781. The molecule has 2 N–H and O–H groups in total. The minimum atomic E-state index is -4.45. The molecule has 1 heterocycles. The van der Waals surface area contributed by atoms with Crippen molar-refractivity contribution in [3.8, 4) is 0 Å². The predicted molar refractivity (Wildman–Crippen MR) is 74.6 cm³/mol. The third-order valence-corrected chi connectivity index (χ3v) is 2.73. The Labute approximate surface area is 121 Å². The lowest BCUT2D eigenvalue weighted by Crippen LogP contribution is -2.32. The van der Waals surface area contributed by atoms with Crippen LogP contribution in [0.4, 0.5) is 24.8 Å². The fraction of sp³-hybridized carbons (Fsp3) is 0.615. The summed E-state index contributed by atoms with van der Waals surface area (Å²) in [6.07, 6.45) is -5.26. The molecule has 1 aromatic rings. The summed E-state index contributed by atoms with van der Waals surface area (Å²) in [5.74, 6) is 0.284. The second-order valence-electron chi connectivity index (χ2n) is 4.62. The number of nitrogens with zero attached hydrogens (tertiary/aromatic N) is 2. The van der Waals surface area contributed by atoms with Gasteiger partial charge in [0.1, 0.15) is 11.6 Å². The van der Waals surface area contributed by atoms with Crippen molar-refractivity contribution in [1.82, 2.24) is 4.98 Å². The van der Waals surface area contributed by atoms with E-state index in [1.807, 2.05) is 0 Å². The molecule has 0 spiro atoms. The summed E-state index contributed by atoms with van der Waals surface area (Å²) in [4.78, 5) is 5.57. The zero-order valence-corrected chi connectivity index (χ0v) is 12.2. The van der Waals surface area contributed by atoms with E-state index in [-0.39, 0.29) is 24.8 Å². The molecular weight excluding hydrogens is 287 g/mol. The third-order valence-electron chi connectivity index (χ3n) is 2.73. The van der Waals surface area contributed by atoms with E-state index in [9.17, 15) is 18.3 Å². The van der Waals surface area contributed by atoms with Crippen molar-refractivity contribution < 1.29 is 23.0 Å². The van der Waals surface area contributed by atoms with Crippen LogP contribution >= 0.6 is 0 Å². The first-order valence-electron chi connectivity index (χ1n) is 6.49. The fourth-order valence-electron chi connectivity index (χ4n) is 1.80. The van der Waals surface area contributed by atoms with Gasteiger partial charge in [-0.2, -0.15) is 13.2 Å². The molecule has 0 bridgehead atoms. The molecule has 0 aliphatic heterocycles. The second kappa shape index (κ2) is 7.46. The van der Waals surface area contributed by atoms with Crippen LogP contribution in [0.2, 0.25) is 0 Å². The van der Waals surface area contributed by atoms with Crippen molar-refractivity contribution in [1.29, 1.82) is 0 Å². The SMILES string of the molecule is CCNc1cc(C(F)(F)F)cc(N(C)CC(O)COC)n1. The van der Waals surface area contributed by atoms with E-state index in [1.165, 1.54) is 12.0 Å². The number of rotatable bonds is 7. The molecular formula is C13H20F3N3O2. The fourth-order valence-corrected chi connectivity index (χ4v) is 1.80. The first kappa shape index (κ1) is 17.5. The van der Waals surface area contributed by atoms with Crippen LogP contribution in [-0.2, 0) is 10.9 Å². The Balaban J connectivity index is 3.01. The number of ether oxygens (including phenoxy) is 1. The lowest BCUT2D eigenvalue weighted by atomic mass is 10.2. The number of nitrogens with one attached hydrogen (secondary N) is 1. The number of hydrogen-bond donors (Lipinski definition) is 2. The smallest absolute Gasteiger partial charge is 0.389 e. The van der Waals surface area contributed by atoms with Crippen LogP contribution in [0, 0.1) is 0 Å². The van der Waals surface area contributed by atoms with Gasteiger partial charge in [-0.25, -0.2) is 4.98 Å². The number of hydrogen-bond acceptors (Lipinski definition) is 5. The van der Waals surface area contributed by atoms with E-state index in [0.717, 1.165) is 12.1 Å². The maximum Gasteiger partial charge on any atom is 0.416 e. The number of aliphatic hydroxyl groups is 1. The number of halogens is 3. The molecule has 0 aliphatic rings. The summed E-state index contributed by atoms with van der Waals surface area (Å²) >= 11 is 0. The maximum atomic E-state index is 12.9. The lowest BCUT2D eigenvalue weighted by molar-refractivity contribution is -0.137. The molecule has 8 heteroatoms. The van der Waals surface area contributed by atoms with Crippen molar-refractivity contribution in [2.45, 2.75) is 19.2 Å². The lowest BCUT2D eigenvalue weighted by Gasteiger charge is -2.23. The number of aliphatic hydroxyl groups excluding tert-OH is 1. The topological polar surface area (TPSA) is 57.6 Å². The Morgan fingerprint density at radius 3 is 2.62 bits per heavy atom. The Hall–Kier alpha value is -1.54. The molecule has 1 rings (SSSR count). The molecule has 5 nitrogen and oxygen atoms in total. The molecule has 0 saturated heterocycles. The van der Waals surface area contributed by atoms with Crippen molar-refractivity contribution in [3.05, 3.63) is 17.7 Å². The van der Waals surface area contributed by atoms with Gasteiger partial charge >= 0.3 is 6.18 Å². The Kier molecular flexibility index (Phi) is 6.22. The molecule has 120 valence electrons. The van der Waals surface area contributed by atoms with Gasteiger partial charge in [-0.05, 0) is 19.1 Å². The van der Waals surface area contributed by atoms with E-state index in [1.54, 1.807) is 14.0 Å². The van der Waals surface area contributed by atoms with E-state index in [2.05, 4.69) is 10.3 Å². The highest BCUT2D eigenvalue weighted by atomic mass is 19.4. The van der Waals surface area contributed by atoms with Gasteiger partial charge in [0.05, 0.1) is 18.3 Å². The van der Waals surface area contributed by atoms with E-state index in [0.29, 0.717) is 6.54 Å². The van der Waals surface area contributed by atoms with Crippen molar-refractivity contribution >= 4 is 11.6 Å². The standard InChI is InChI=1S/C13H20F3N3O2/c1-4-17-11-5-9(13(14,15)16)6-12(18-11)19(2)7-10(20)8-21-3/h5-6,10,20H,4,7-8H2,1-3H3,(H,17,18). The highest BCUT2D eigenvalue weighted by Crippen LogP contribution is 2.32. The molecule has 0 fully saturated rings. The minimum absolute atomic E-state index is 0.101. The first-order valence-corrected chi connectivity index (χ1v) is 6.49. The van der Waals surface area contributed by atoms with E-state index >= 15 is 0 Å². The van der Waals surface area contributed by atoms with Crippen LogP contribution in [0.3, 0.4) is 0 Å². The van der Waals surface area contributed by atoms with Crippen molar-refractivity contribution in [2.75, 3.05) is 44.1 Å². The summed E-state index contributed by atoms with van der Waals surface area (Å²) in [6.45, 7) is 2.45. The van der Waals surface area contributed by atoms with Gasteiger partial charge in [0.15, 0.2) is 0 Å². The summed E-state index contributed by atoms with van der Waals surface area (Å²) in [5, 5.41) is 12.4. The number of likely N-dealkylation sites (N-methyl/N-ethyl adjacent to an activating group) is 1. The molecule has 1 atom stereocenters. The summed E-state index contributed by atoms with van der Waals surface area (Å²) < 4.78 is 43.5. The molecule has 0 radical (unpaired) electrons. The monoisotopic (exact) mass is 307 g/mol. The van der Waals surface area contributed by atoms with Crippen LogP contribution in [-0.4, -0.2) is 50.0 Å². The van der Waals surface area contributed by atoms with Gasteiger partial charge < -0.3 is 20.1 Å². The van der Waals surface area contributed by atoms with Crippen LogP contribution in [0.15, 0.2) is 12.1 Å². The predicted octanol–water partition coefficient (Wildman–Crippen LogP) is 1.98. The highest BCUT2D eigenvalue weighted by Gasteiger charge is 2.32. The van der Waals surface area contributed by atoms with Crippen molar-refractivity contribution in [3.63, 3.8) is 0 Å². The summed E-state index contributed by atoms with van der Waals surface area (Å²) in [7, 11) is 3.01. The Bertz CT molecular complexity index is 455. The molecule has 1 aromatic heterocycles. The Morgan fingerprint density at radius 2 is 2.10 bits per heavy atom. The van der Waals surface area contributed by atoms with Crippen LogP contribution in [0.5, 0.6) is 0 Å².